The number of methoxy groups -OCH3 is 1. The molecular weight excluding hydrogens is 320 g/mol. The number of likely N-dealkylation sites (N-methyl/N-ethyl adjacent to an activating group) is 1. The van der Waals surface area contributed by atoms with Crippen molar-refractivity contribution >= 4 is 11.8 Å². The number of ether oxygens (including phenoxy) is 2. The number of nitrogen functional groups attached to an aromatic ring is 1. The zero-order valence-corrected chi connectivity index (χ0v) is 15.4. The quantitative estimate of drug-likeness (QED) is 0.751. The zero-order valence-electron chi connectivity index (χ0n) is 15.4. The lowest BCUT2D eigenvalue weighted by atomic mass is 10.0. The molecule has 2 aromatic rings. The van der Waals surface area contributed by atoms with Gasteiger partial charge in [-0.15, -0.1) is 0 Å². The number of anilines is 2. The first kappa shape index (κ1) is 18.7. The van der Waals surface area contributed by atoms with Crippen LogP contribution in [0.4, 0.5) is 11.8 Å². The van der Waals surface area contributed by atoms with Gasteiger partial charge in [0.2, 0.25) is 11.8 Å². The molecule has 0 aromatic carbocycles. The van der Waals surface area contributed by atoms with E-state index in [0.29, 0.717) is 29.7 Å². The summed E-state index contributed by atoms with van der Waals surface area (Å²) in [5.74, 6) is 2.64. The molecule has 0 unspecified atom stereocenters. The second-order valence-electron chi connectivity index (χ2n) is 6.19. The number of aromatic nitrogens is 3. The van der Waals surface area contributed by atoms with Gasteiger partial charge < -0.3 is 25.4 Å². The maximum atomic E-state index is 6.08. The molecule has 2 aromatic heterocycles. The van der Waals surface area contributed by atoms with Crippen molar-refractivity contribution in [1.29, 1.82) is 0 Å². The largest absolute Gasteiger partial charge is 0.481 e. The van der Waals surface area contributed by atoms with E-state index in [1.54, 1.807) is 25.6 Å². The van der Waals surface area contributed by atoms with Gasteiger partial charge in [-0.25, -0.2) is 9.97 Å². The lowest BCUT2D eigenvalue weighted by Gasteiger charge is -2.17. The molecule has 0 amide bonds. The molecule has 0 saturated carbocycles. The Kier molecular flexibility index (Phi) is 6.35. The molecule has 0 bridgehead atoms. The number of nitrogens with zero attached hydrogens (tertiary/aromatic N) is 4. The van der Waals surface area contributed by atoms with Gasteiger partial charge >= 0.3 is 0 Å². The van der Waals surface area contributed by atoms with Crippen LogP contribution in [0.25, 0.3) is 0 Å². The van der Waals surface area contributed by atoms with E-state index in [2.05, 4.69) is 39.0 Å². The molecule has 0 radical (unpaired) electrons. The van der Waals surface area contributed by atoms with E-state index in [1.807, 2.05) is 14.1 Å². The minimum absolute atomic E-state index is 0.191. The van der Waals surface area contributed by atoms with Gasteiger partial charge in [-0.3, -0.25) is 0 Å². The Morgan fingerprint density at radius 2 is 1.96 bits per heavy atom. The van der Waals surface area contributed by atoms with Crippen molar-refractivity contribution in [2.24, 2.45) is 0 Å². The van der Waals surface area contributed by atoms with E-state index < -0.39 is 0 Å². The van der Waals surface area contributed by atoms with Crippen LogP contribution in [0.2, 0.25) is 0 Å². The monoisotopic (exact) mass is 346 g/mol. The summed E-state index contributed by atoms with van der Waals surface area (Å²) < 4.78 is 11.3. The third-order valence-corrected chi connectivity index (χ3v) is 3.55. The van der Waals surface area contributed by atoms with Crippen LogP contribution in [-0.4, -0.2) is 54.1 Å². The molecular formula is C17H26N6O2. The predicted octanol–water partition coefficient (Wildman–Crippen LogP) is 2.35. The standard InChI is InChI=1S/C17H26N6O2/c1-11(2)12-9-20-15(24-5)8-13(12)25-14-10-21-17(18)22-16(14)19-6-7-23(3)4/h8-11H,6-7H2,1-5H3,(H3,18,19,21,22). The normalized spacial score (nSPS) is 11.0. The molecule has 0 spiro atoms. The SMILES string of the molecule is COc1cc(Oc2cnc(N)nc2NCCN(C)C)c(C(C)C)cn1. The first-order valence-electron chi connectivity index (χ1n) is 8.13. The highest BCUT2D eigenvalue weighted by Gasteiger charge is 2.15. The average molecular weight is 346 g/mol. The lowest BCUT2D eigenvalue weighted by Crippen LogP contribution is -2.21. The van der Waals surface area contributed by atoms with Crippen LogP contribution in [0.3, 0.4) is 0 Å². The van der Waals surface area contributed by atoms with E-state index in [9.17, 15) is 0 Å². The maximum Gasteiger partial charge on any atom is 0.222 e. The van der Waals surface area contributed by atoms with E-state index in [1.165, 1.54) is 0 Å². The number of pyridine rings is 1. The van der Waals surface area contributed by atoms with Crippen molar-refractivity contribution in [3.8, 4) is 17.4 Å². The van der Waals surface area contributed by atoms with Crippen molar-refractivity contribution < 1.29 is 9.47 Å². The first-order valence-corrected chi connectivity index (χ1v) is 8.13. The third kappa shape index (κ3) is 5.18. The number of nitrogens with one attached hydrogen (secondary N) is 1. The summed E-state index contributed by atoms with van der Waals surface area (Å²) in [6, 6.07) is 1.76. The molecule has 136 valence electrons. The summed E-state index contributed by atoms with van der Waals surface area (Å²) in [5.41, 5.74) is 6.69. The van der Waals surface area contributed by atoms with Crippen molar-refractivity contribution in [3.63, 3.8) is 0 Å². The van der Waals surface area contributed by atoms with Gasteiger partial charge in [0.05, 0.1) is 13.3 Å². The third-order valence-electron chi connectivity index (χ3n) is 3.55. The Labute approximate surface area is 148 Å². The van der Waals surface area contributed by atoms with Crippen LogP contribution < -0.4 is 20.5 Å². The molecule has 0 atom stereocenters. The molecule has 0 fully saturated rings. The Bertz CT molecular complexity index is 706. The molecule has 3 N–H and O–H groups in total. The minimum Gasteiger partial charge on any atom is -0.481 e. The number of hydrogen-bond acceptors (Lipinski definition) is 8. The molecule has 2 rings (SSSR count). The molecule has 0 aliphatic heterocycles. The van der Waals surface area contributed by atoms with Gasteiger partial charge in [-0.1, -0.05) is 13.8 Å². The molecule has 0 saturated heterocycles. The van der Waals surface area contributed by atoms with E-state index in [-0.39, 0.29) is 11.9 Å². The number of hydrogen-bond donors (Lipinski definition) is 2. The van der Waals surface area contributed by atoms with E-state index >= 15 is 0 Å². The Morgan fingerprint density at radius 3 is 2.60 bits per heavy atom. The van der Waals surface area contributed by atoms with E-state index in [4.69, 9.17) is 15.2 Å². The van der Waals surface area contributed by atoms with Gasteiger partial charge in [0.25, 0.3) is 0 Å². The van der Waals surface area contributed by atoms with Crippen molar-refractivity contribution in [3.05, 3.63) is 24.0 Å². The summed E-state index contributed by atoms with van der Waals surface area (Å²) in [7, 11) is 5.58. The second-order valence-corrected chi connectivity index (χ2v) is 6.19. The summed E-state index contributed by atoms with van der Waals surface area (Å²) in [6.07, 6.45) is 3.33. The van der Waals surface area contributed by atoms with Gasteiger partial charge in [0, 0.05) is 30.9 Å². The van der Waals surface area contributed by atoms with Crippen LogP contribution >= 0.6 is 0 Å². The molecule has 25 heavy (non-hydrogen) atoms. The van der Waals surface area contributed by atoms with Crippen molar-refractivity contribution in [2.75, 3.05) is 45.3 Å². The number of rotatable bonds is 8. The fourth-order valence-corrected chi connectivity index (χ4v) is 2.17. The zero-order chi connectivity index (χ0) is 18.4. The molecule has 2 heterocycles. The second kappa shape index (κ2) is 8.48. The molecule has 8 heteroatoms. The first-order chi connectivity index (χ1) is 11.9. The fraction of sp³-hybridized carbons (Fsp3) is 0.471. The van der Waals surface area contributed by atoms with Crippen LogP contribution in [0.1, 0.15) is 25.3 Å². The highest BCUT2D eigenvalue weighted by atomic mass is 16.5. The Morgan fingerprint density at radius 1 is 1.20 bits per heavy atom. The van der Waals surface area contributed by atoms with Crippen LogP contribution in [0.15, 0.2) is 18.5 Å². The highest BCUT2D eigenvalue weighted by molar-refractivity contribution is 5.54. The van der Waals surface area contributed by atoms with Crippen LogP contribution in [0, 0.1) is 0 Å². The topological polar surface area (TPSA) is 98.4 Å². The summed E-state index contributed by atoms with van der Waals surface area (Å²) in [4.78, 5) is 14.6. The molecule has 8 nitrogen and oxygen atoms in total. The van der Waals surface area contributed by atoms with Crippen LogP contribution in [0.5, 0.6) is 17.4 Å². The van der Waals surface area contributed by atoms with E-state index in [0.717, 1.165) is 12.1 Å². The van der Waals surface area contributed by atoms with Gasteiger partial charge in [-0.2, -0.15) is 4.98 Å². The summed E-state index contributed by atoms with van der Waals surface area (Å²) in [5, 5.41) is 3.24. The Balaban J connectivity index is 2.30. The fourth-order valence-electron chi connectivity index (χ4n) is 2.17. The van der Waals surface area contributed by atoms with Crippen molar-refractivity contribution in [1.82, 2.24) is 19.9 Å². The van der Waals surface area contributed by atoms with Gasteiger partial charge in [0.15, 0.2) is 11.6 Å². The highest BCUT2D eigenvalue weighted by Crippen LogP contribution is 2.34. The predicted molar refractivity (Wildman–Crippen MR) is 98.4 cm³/mol. The molecule has 0 aliphatic rings. The smallest absolute Gasteiger partial charge is 0.222 e. The lowest BCUT2D eigenvalue weighted by molar-refractivity contribution is 0.390. The van der Waals surface area contributed by atoms with Crippen molar-refractivity contribution in [2.45, 2.75) is 19.8 Å². The molecule has 0 aliphatic carbocycles. The minimum atomic E-state index is 0.191. The maximum absolute atomic E-state index is 6.08. The number of nitrogens with two attached hydrogens (primary N) is 1. The van der Waals surface area contributed by atoms with Gasteiger partial charge in [-0.05, 0) is 20.0 Å². The average Bonchev–Trinajstić information content (AvgIpc) is 2.56. The summed E-state index contributed by atoms with van der Waals surface area (Å²) >= 11 is 0. The summed E-state index contributed by atoms with van der Waals surface area (Å²) in [6.45, 7) is 5.71. The Hall–Kier alpha value is -2.61. The van der Waals surface area contributed by atoms with Gasteiger partial charge in [0.1, 0.15) is 5.75 Å². The van der Waals surface area contributed by atoms with Crippen LogP contribution in [-0.2, 0) is 0 Å².